The van der Waals surface area contributed by atoms with Crippen LogP contribution in [0.2, 0.25) is 0 Å². The highest BCUT2D eigenvalue weighted by Crippen LogP contribution is 2.61. The van der Waals surface area contributed by atoms with E-state index in [2.05, 4.69) is 17.3 Å². The first kappa shape index (κ1) is 17.8. The summed E-state index contributed by atoms with van der Waals surface area (Å²) in [5, 5.41) is 7.83. The molecule has 0 spiro atoms. The van der Waals surface area contributed by atoms with E-state index in [0.29, 0.717) is 11.4 Å². The van der Waals surface area contributed by atoms with Gasteiger partial charge in [0.15, 0.2) is 11.4 Å². The predicted octanol–water partition coefficient (Wildman–Crippen LogP) is 4.22. The van der Waals surface area contributed by atoms with E-state index in [1.54, 1.807) is 18.0 Å². The van der Waals surface area contributed by atoms with Crippen LogP contribution in [0.25, 0.3) is 5.69 Å². The third kappa shape index (κ3) is 2.92. The predicted molar refractivity (Wildman–Crippen MR) is 108 cm³/mol. The van der Waals surface area contributed by atoms with E-state index in [-0.39, 0.29) is 17.4 Å². The van der Waals surface area contributed by atoms with Gasteiger partial charge in [0, 0.05) is 6.04 Å². The van der Waals surface area contributed by atoms with Crippen LogP contribution in [0.1, 0.15) is 55.9 Å². The normalized spacial score (nSPS) is 31.6. The molecule has 4 aliphatic rings. The van der Waals surface area contributed by atoms with Crippen molar-refractivity contribution in [3.05, 3.63) is 42.2 Å². The fourth-order valence-corrected chi connectivity index (χ4v) is 6.50. The maximum absolute atomic E-state index is 13.1. The standard InChI is InChI=1S/C23H29N3O2/c1-15(23-11-16-8-17(12-23)10-18(9-16)13-23)24-22(27)21-20(28-2)14-26(25-21)19-6-4-3-5-7-19/h3-7,14-18H,8-13H2,1-2H3,(H,24,27)/t15-,16?,17?,18?,23?/m0/s1. The summed E-state index contributed by atoms with van der Waals surface area (Å²) in [6.07, 6.45) is 9.83. The first-order valence-electron chi connectivity index (χ1n) is 10.6. The van der Waals surface area contributed by atoms with Crippen LogP contribution in [0, 0.1) is 23.2 Å². The number of aromatic nitrogens is 2. The van der Waals surface area contributed by atoms with Crippen molar-refractivity contribution in [3.63, 3.8) is 0 Å². The molecule has 1 aromatic carbocycles. The van der Waals surface area contributed by atoms with Gasteiger partial charge in [0.05, 0.1) is 19.0 Å². The van der Waals surface area contributed by atoms with Crippen molar-refractivity contribution in [2.24, 2.45) is 23.2 Å². The average molecular weight is 380 g/mol. The van der Waals surface area contributed by atoms with Crippen molar-refractivity contribution >= 4 is 5.91 Å². The zero-order valence-corrected chi connectivity index (χ0v) is 16.7. The Labute approximate surface area is 166 Å². The summed E-state index contributed by atoms with van der Waals surface area (Å²) in [6.45, 7) is 2.20. The zero-order valence-electron chi connectivity index (χ0n) is 16.7. The smallest absolute Gasteiger partial charge is 0.275 e. The Morgan fingerprint density at radius 2 is 1.75 bits per heavy atom. The summed E-state index contributed by atoms with van der Waals surface area (Å²) in [6, 6.07) is 9.97. The highest BCUT2D eigenvalue weighted by Gasteiger charge is 2.53. The lowest BCUT2D eigenvalue weighted by Crippen LogP contribution is -2.55. The molecule has 1 atom stereocenters. The number of carbonyl (C=O) groups excluding carboxylic acids is 1. The maximum atomic E-state index is 13.1. The fourth-order valence-electron chi connectivity index (χ4n) is 6.50. The molecule has 1 aromatic heterocycles. The molecule has 5 nitrogen and oxygen atoms in total. The number of ether oxygens (including phenoxy) is 1. The number of carbonyl (C=O) groups is 1. The Morgan fingerprint density at radius 1 is 1.14 bits per heavy atom. The quantitative estimate of drug-likeness (QED) is 0.846. The van der Waals surface area contributed by atoms with Crippen LogP contribution >= 0.6 is 0 Å². The zero-order chi connectivity index (χ0) is 19.3. The highest BCUT2D eigenvalue weighted by molar-refractivity contribution is 5.95. The topological polar surface area (TPSA) is 56.2 Å². The van der Waals surface area contributed by atoms with E-state index >= 15 is 0 Å². The molecule has 0 aliphatic heterocycles. The van der Waals surface area contributed by atoms with Gasteiger partial charge in [-0.1, -0.05) is 18.2 Å². The van der Waals surface area contributed by atoms with Crippen molar-refractivity contribution in [2.45, 2.75) is 51.5 Å². The number of hydrogen-bond acceptors (Lipinski definition) is 3. The van der Waals surface area contributed by atoms with Crippen LogP contribution in [-0.4, -0.2) is 28.8 Å². The Hall–Kier alpha value is -2.30. The first-order chi connectivity index (χ1) is 13.6. The van der Waals surface area contributed by atoms with E-state index < -0.39 is 0 Å². The number of nitrogens with one attached hydrogen (secondary N) is 1. The van der Waals surface area contributed by atoms with E-state index in [9.17, 15) is 4.79 Å². The van der Waals surface area contributed by atoms with Crippen LogP contribution in [0.4, 0.5) is 0 Å². The van der Waals surface area contributed by atoms with Gasteiger partial charge in [-0.25, -0.2) is 4.68 Å². The van der Waals surface area contributed by atoms with Crippen molar-refractivity contribution in [3.8, 4) is 11.4 Å². The summed E-state index contributed by atoms with van der Waals surface area (Å²) in [4.78, 5) is 13.1. The average Bonchev–Trinajstić information content (AvgIpc) is 3.12. The largest absolute Gasteiger partial charge is 0.493 e. The second-order valence-corrected chi connectivity index (χ2v) is 9.30. The van der Waals surface area contributed by atoms with Crippen molar-refractivity contribution in [1.29, 1.82) is 0 Å². The molecular weight excluding hydrogens is 350 g/mol. The second-order valence-electron chi connectivity index (χ2n) is 9.30. The number of para-hydroxylation sites is 1. The van der Waals surface area contributed by atoms with Gasteiger partial charge in [-0.15, -0.1) is 0 Å². The van der Waals surface area contributed by atoms with Crippen molar-refractivity contribution < 1.29 is 9.53 Å². The van der Waals surface area contributed by atoms with E-state index in [0.717, 1.165) is 23.4 Å². The molecule has 1 N–H and O–H groups in total. The minimum absolute atomic E-state index is 0.130. The summed E-state index contributed by atoms with van der Waals surface area (Å²) in [7, 11) is 1.59. The molecule has 1 amide bonds. The van der Waals surface area contributed by atoms with Crippen molar-refractivity contribution in [1.82, 2.24) is 15.1 Å². The summed E-state index contributed by atoms with van der Waals surface area (Å²) < 4.78 is 7.17. The minimum atomic E-state index is -0.130. The summed E-state index contributed by atoms with van der Waals surface area (Å²) >= 11 is 0. The van der Waals surface area contributed by atoms with E-state index in [1.165, 1.54) is 38.5 Å². The third-order valence-corrected chi connectivity index (χ3v) is 7.49. The molecule has 0 radical (unpaired) electrons. The number of hydrogen-bond donors (Lipinski definition) is 1. The number of amides is 1. The van der Waals surface area contributed by atoms with E-state index in [1.807, 2.05) is 30.3 Å². The molecule has 0 saturated heterocycles. The van der Waals surface area contributed by atoms with Gasteiger partial charge in [0.2, 0.25) is 0 Å². The Kier molecular flexibility index (Phi) is 4.22. The first-order valence-corrected chi connectivity index (χ1v) is 10.6. The number of nitrogens with zero attached hydrogens (tertiary/aromatic N) is 2. The van der Waals surface area contributed by atoms with Crippen molar-refractivity contribution in [2.75, 3.05) is 7.11 Å². The lowest BCUT2D eigenvalue weighted by molar-refractivity contribution is -0.0688. The summed E-state index contributed by atoms with van der Waals surface area (Å²) in [5.74, 6) is 3.00. The highest BCUT2D eigenvalue weighted by atomic mass is 16.5. The third-order valence-electron chi connectivity index (χ3n) is 7.49. The molecule has 28 heavy (non-hydrogen) atoms. The molecule has 2 aromatic rings. The monoisotopic (exact) mass is 379 g/mol. The Morgan fingerprint density at radius 3 is 2.32 bits per heavy atom. The number of methoxy groups -OCH3 is 1. The fraction of sp³-hybridized carbons (Fsp3) is 0.565. The SMILES string of the molecule is COc1cn(-c2ccccc2)nc1C(=O)N[C@@H](C)C12CC3CC(CC(C3)C1)C2. The molecule has 6 rings (SSSR count). The lowest BCUT2D eigenvalue weighted by atomic mass is 9.48. The van der Waals surface area contributed by atoms with Crippen LogP contribution < -0.4 is 10.1 Å². The molecular formula is C23H29N3O2. The second kappa shape index (κ2) is 6.64. The Balaban J connectivity index is 1.36. The molecule has 4 aliphatic carbocycles. The number of benzene rings is 1. The van der Waals surface area contributed by atoms with Gasteiger partial charge in [-0.3, -0.25) is 4.79 Å². The molecule has 5 heteroatoms. The molecule has 1 heterocycles. The summed E-state index contributed by atoms with van der Waals surface area (Å²) in [5.41, 5.74) is 1.55. The molecule has 148 valence electrons. The van der Waals surface area contributed by atoms with Gasteiger partial charge in [-0.05, 0) is 80.8 Å². The molecule has 0 unspecified atom stereocenters. The van der Waals surface area contributed by atoms with Gasteiger partial charge in [0.1, 0.15) is 0 Å². The van der Waals surface area contributed by atoms with Crippen LogP contribution in [0.15, 0.2) is 36.5 Å². The van der Waals surface area contributed by atoms with Gasteiger partial charge in [-0.2, -0.15) is 5.10 Å². The van der Waals surface area contributed by atoms with Gasteiger partial charge in [0.25, 0.3) is 5.91 Å². The lowest BCUT2D eigenvalue weighted by Gasteiger charge is -2.59. The van der Waals surface area contributed by atoms with Crippen LogP contribution in [0.3, 0.4) is 0 Å². The number of rotatable bonds is 5. The van der Waals surface area contributed by atoms with Gasteiger partial charge < -0.3 is 10.1 Å². The molecule has 4 bridgehead atoms. The molecule has 4 saturated carbocycles. The van der Waals surface area contributed by atoms with Crippen LogP contribution in [-0.2, 0) is 0 Å². The maximum Gasteiger partial charge on any atom is 0.275 e. The van der Waals surface area contributed by atoms with Crippen LogP contribution in [0.5, 0.6) is 5.75 Å². The molecule has 4 fully saturated rings. The Bertz CT molecular complexity index is 838. The van der Waals surface area contributed by atoms with Gasteiger partial charge >= 0.3 is 0 Å². The van der Waals surface area contributed by atoms with E-state index in [4.69, 9.17) is 4.74 Å². The minimum Gasteiger partial charge on any atom is -0.493 e.